The number of nitrogens with one attached hydrogen (secondary N) is 1. The van der Waals surface area contributed by atoms with Gasteiger partial charge in [-0.15, -0.1) is 0 Å². The lowest BCUT2D eigenvalue weighted by Crippen LogP contribution is -2.25. The summed E-state index contributed by atoms with van der Waals surface area (Å²) in [6.07, 6.45) is 7.98. The molecule has 5 rings (SSSR count). The Bertz CT molecular complexity index is 1260. The maximum atomic E-state index is 12.9. The Balaban J connectivity index is 1.30. The molecule has 4 aromatic rings. The minimum atomic E-state index is -0.102. The number of hydrogen-bond donors (Lipinski definition) is 1. The van der Waals surface area contributed by atoms with Crippen molar-refractivity contribution in [3.63, 3.8) is 0 Å². The van der Waals surface area contributed by atoms with Crippen LogP contribution < -0.4 is 10.9 Å². The molecule has 0 bridgehead atoms. The van der Waals surface area contributed by atoms with Gasteiger partial charge < -0.3 is 9.88 Å². The maximum absolute atomic E-state index is 12.9. The van der Waals surface area contributed by atoms with Gasteiger partial charge >= 0.3 is 0 Å². The van der Waals surface area contributed by atoms with Crippen molar-refractivity contribution in [3.8, 4) is 5.69 Å². The van der Waals surface area contributed by atoms with E-state index in [1.807, 2.05) is 59.3 Å². The lowest BCUT2D eigenvalue weighted by molar-refractivity contribution is -0.116. The molecule has 0 radical (unpaired) electrons. The van der Waals surface area contributed by atoms with Crippen LogP contribution in [0.3, 0.4) is 0 Å². The molecule has 1 N–H and O–H groups in total. The van der Waals surface area contributed by atoms with E-state index in [9.17, 15) is 9.59 Å². The van der Waals surface area contributed by atoms with Crippen molar-refractivity contribution in [2.75, 3.05) is 5.32 Å². The Morgan fingerprint density at radius 2 is 1.90 bits per heavy atom. The molecule has 7 nitrogen and oxygen atoms in total. The Morgan fingerprint density at radius 1 is 1.10 bits per heavy atom. The van der Waals surface area contributed by atoms with E-state index in [4.69, 9.17) is 4.98 Å². The van der Waals surface area contributed by atoms with Crippen LogP contribution in [0.2, 0.25) is 0 Å². The summed E-state index contributed by atoms with van der Waals surface area (Å²) in [5.41, 5.74) is 2.38. The van der Waals surface area contributed by atoms with Crippen LogP contribution in [0, 0.1) is 0 Å². The zero-order valence-corrected chi connectivity index (χ0v) is 16.4. The van der Waals surface area contributed by atoms with E-state index in [1.165, 1.54) is 0 Å². The Morgan fingerprint density at radius 3 is 2.63 bits per heavy atom. The van der Waals surface area contributed by atoms with Gasteiger partial charge in [-0.05, 0) is 49.2 Å². The fourth-order valence-corrected chi connectivity index (χ4v) is 3.66. The smallest absolute Gasteiger partial charge is 0.261 e. The van der Waals surface area contributed by atoms with Gasteiger partial charge in [0.25, 0.3) is 5.56 Å². The monoisotopic (exact) mass is 399 g/mol. The second-order valence-corrected chi connectivity index (χ2v) is 7.52. The third-order valence-electron chi connectivity index (χ3n) is 5.32. The van der Waals surface area contributed by atoms with Crippen molar-refractivity contribution in [2.45, 2.75) is 31.7 Å². The molecule has 0 atom stereocenters. The highest BCUT2D eigenvalue weighted by atomic mass is 16.1. The molecule has 0 spiro atoms. The first-order valence-electron chi connectivity index (χ1n) is 10.1. The minimum Gasteiger partial charge on any atom is -0.326 e. The largest absolute Gasteiger partial charge is 0.326 e. The molecule has 7 heteroatoms. The van der Waals surface area contributed by atoms with Crippen LogP contribution in [0.15, 0.2) is 72.0 Å². The van der Waals surface area contributed by atoms with Gasteiger partial charge in [0.2, 0.25) is 5.91 Å². The molecule has 1 saturated carbocycles. The van der Waals surface area contributed by atoms with Gasteiger partial charge in [0.15, 0.2) is 0 Å². The lowest BCUT2D eigenvalue weighted by Gasteiger charge is -2.13. The summed E-state index contributed by atoms with van der Waals surface area (Å²) in [4.78, 5) is 34.1. The average molecular weight is 399 g/mol. The number of carbonyl (C=O) groups excluding carboxylic acids is 1. The van der Waals surface area contributed by atoms with E-state index in [-0.39, 0.29) is 23.9 Å². The number of amides is 1. The summed E-state index contributed by atoms with van der Waals surface area (Å²) in [5, 5.41) is 3.56. The molecule has 0 unspecified atom stereocenters. The average Bonchev–Trinajstić information content (AvgIpc) is 3.45. The van der Waals surface area contributed by atoms with Crippen molar-refractivity contribution in [3.05, 3.63) is 83.4 Å². The number of rotatable bonds is 6. The van der Waals surface area contributed by atoms with Crippen LogP contribution in [-0.4, -0.2) is 25.0 Å². The van der Waals surface area contributed by atoms with Crippen molar-refractivity contribution < 1.29 is 4.79 Å². The van der Waals surface area contributed by atoms with E-state index in [0.717, 1.165) is 24.2 Å². The Hall–Kier alpha value is -3.74. The highest BCUT2D eigenvalue weighted by molar-refractivity contribution is 5.90. The molecule has 1 aliphatic carbocycles. The van der Waals surface area contributed by atoms with E-state index < -0.39 is 0 Å². The van der Waals surface area contributed by atoms with Gasteiger partial charge in [0.1, 0.15) is 5.82 Å². The molecule has 2 heterocycles. The topological polar surface area (TPSA) is 81.8 Å². The van der Waals surface area contributed by atoms with Gasteiger partial charge in [-0.3, -0.25) is 14.2 Å². The third kappa shape index (κ3) is 3.61. The number of aryl methyl sites for hydroxylation is 1. The van der Waals surface area contributed by atoms with Crippen molar-refractivity contribution in [1.29, 1.82) is 0 Å². The first-order valence-corrected chi connectivity index (χ1v) is 10.1. The molecule has 1 amide bonds. The van der Waals surface area contributed by atoms with Gasteiger partial charge in [-0.1, -0.05) is 12.1 Å². The molecular weight excluding hydrogens is 378 g/mol. The van der Waals surface area contributed by atoms with Crippen LogP contribution in [0.5, 0.6) is 0 Å². The molecule has 1 aliphatic rings. The Kier molecular flexibility index (Phi) is 4.63. The fourth-order valence-electron chi connectivity index (χ4n) is 3.66. The normalized spacial score (nSPS) is 13.5. The van der Waals surface area contributed by atoms with Crippen LogP contribution >= 0.6 is 0 Å². The predicted molar refractivity (Wildman–Crippen MR) is 115 cm³/mol. The van der Waals surface area contributed by atoms with Gasteiger partial charge in [-0.2, -0.15) is 0 Å². The van der Waals surface area contributed by atoms with Crippen LogP contribution in [-0.2, 0) is 11.2 Å². The second kappa shape index (κ2) is 7.59. The number of hydrogen-bond acceptors (Lipinski definition) is 4. The number of anilines is 1. The number of imidazole rings is 1. The van der Waals surface area contributed by atoms with Crippen molar-refractivity contribution in [1.82, 2.24) is 19.1 Å². The quantitative estimate of drug-likeness (QED) is 0.538. The number of fused-ring (bicyclic) bond motifs is 1. The third-order valence-corrected chi connectivity index (χ3v) is 5.32. The van der Waals surface area contributed by atoms with Gasteiger partial charge in [-0.25, -0.2) is 9.97 Å². The number of benzene rings is 2. The van der Waals surface area contributed by atoms with Crippen molar-refractivity contribution in [2.24, 2.45) is 0 Å². The summed E-state index contributed by atoms with van der Waals surface area (Å²) in [7, 11) is 0. The summed E-state index contributed by atoms with van der Waals surface area (Å²) in [6, 6.07) is 15.2. The molecule has 0 saturated heterocycles. The summed E-state index contributed by atoms with van der Waals surface area (Å²) < 4.78 is 3.68. The molecule has 30 heavy (non-hydrogen) atoms. The molecule has 0 aliphatic heterocycles. The molecular formula is C23H21N5O2. The fraction of sp³-hybridized carbons (Fsp3) is 0.217. The van der Waals surface area contributed by atoms with Crippen LogP contribution in [0.4, 0.5) is 5.69 Å². The van der Waals surface area contributed by atoms with Crippen LogP contribution in [0.25, 0.3) is 16.6 Å². The van der Waals surface area contributed by atoms with E-state index in [0.29, 0.717) is 23.1 Å². The summed E-state index contributed by atoms with van der Waals surface area (Å²) in [6.45, 7) is 0. The van der Waals surface area contributed by atoms with Gasteiger partial charge in [0.05, 0.1) is 17.2 Å². The van der Waals surface area contributed by atoms with E-state index in [2.05, 4.69) is 10.3 Å². The SMILES string of the molecule is O=C(CCc1nc2ccccc2c(=O)n1C1CC1)Nc1ccc(-n2ccnc2)cc1. The summed E-state index contributed by atoms with van der Waals surface area (Å²) in [5.74, 6) is 0.585. The van der Waals surface area contributed by atoms with Crippen LogP contribution in [0.1, 0.15) is 31.1 Å². The zero-order valence-electron chi connectivity index (χ0n) is 16.4. The Labute approximate surface area is 173 Å². The highest BCUT2D eigenvalue weighted by Crippen LogP contribution is 2.34. The molecule has 2 aromatic heterocycles. The van der Waals surface area contributed by atoms with Crippen molar-refractivity contribution >= 4 is 22.5 Å². The first kappa shape index (κ1) is 18.3. The molecule has 1 fully saturated rings. The second-order valence-electron chi connectivity index (χ2n) is 7.52. The minimum absolute atomic E-state index is 0.00593. The van der Waals surface area contributed by atoms with E-state index in [1.54, 1.807) is 17.1 Å². The molecule has 150 valence electrons. The number of nitrogens with zero attached hydrogens (tertiary/aromatic N) is 4. The highest BCUT2D eigenvalue weighted by Gasteiger charge is 2.28. The summed E-state index contributed by atoms with van der Waals surface area (Å²) >= 11 is 0. The van der Waals surface area contributed by atoms with E-state index >= 15 is 0 Å². The number of aromatic nitrogens is 4. The first-order chi connectivity index (χ1) is 14.7. The van der Waals surface area contributed by atoms with Gasteiger partial charge in [0, 0.05) is 42.7 Å². The maximum Gasteiger partial charge on any atom is 0.261 e. The standard InChI is InChI=1S/C23H21N5O2/c29-22(25-16-5-7-17(8-6-16)27-14-13-24-15-27)12-11-21-26-20-4-2-1-3-19(20)23(30)28(21)18-9-10-18/h1-8,13-15,18H,9-12H2,(H,25,29). The zero-order chi connectivity index (χ0) is 20.5. The molecule has 2 aromatic carbocycles. The number of para-hydroxylation sites is 1. The number of carbonyl (C=O) groups is 1. The lowest BCUT2D eigenvalue weighted by atomic mass is 10.2. The predicted octanol–water partition coefficient (Wildman–Crippen LogP) is 3.49.